The highest BCUT2D eigenvalue weighted by Crippen LogP contribution is 2.24. The number of piperazine rings is 3. The van der Waals surface area contributed by atoms with Crippen LogP contribution in [0.3, 0.4) is 0 Å². The second-order valence-electron chi connectivity index (χ2n) is 28.0. The first-order chi connectivity index (χ1) is 47.1. The summed E-state index contributed by atoms with van der Waals surface area (Å²) >= 11 is 0. The average molecular weight is 1360 g/mol. The molecule has 98 heavy (non-hydrogen) atoms. The van der Waals surface area contributed by atoms with Crippen molar-refractivity contribution in [2.75, 3.05) is 138 Å². The lowest BCUT2D eigenvalue weighted by atomic mass is 9.89. The van der Waals surface area contributed by atoms with Gasteiger partial charge in [-0.15, -0.1) is 0 Å². The number of methoxy groups -OCH3 is 1. The molecule has 0 radical (unpaired) electrons. The van der Waals surface area contributed by atoms with Gasteiger partial charge in [-0.1, -0.05) is 163 Å². The van der Waals surface area contributed by atoms with Gasteiger partial charge in [0.1, 0.15) is 23.9 Å². The highest BCUT2D eigenvalue weighted by atomic mass is 16.5. The van der Waals surface area contributed by atoms with Crippen molar-refractivity contribution in [3.05, 3.63) is 108 Å². The van der Waals surface area contributed by atoms with Crippen molar-refractivity contribution in [1.29, 1.82) is 0 Å². The Labute approximate surface area is 590 Å². The van der Waals surface area contributed by atoms with Crippen LogP contribution in [0, 0.1) is 16.2 Å². The maximum atomic E-state index is 12.6. The molecule has 3 saturated heterocycles. The van der Waals surface area contributed by atoms with Crippen molar-refractivity contribution in [1.82, 2.24) is 40.0 Å². The maximum absolute atomic E-state index is 12.6. The van der Waals surface area contributed by atoms with Crippen molar-refractivity contribution in [2.24, 2.45) is 16.2 Å². The Morgan fingerprint density at radius 3 is 1.01 bits per heavy atom. The minimum absolute atomic E-state index is 0.0316. The summed E-state index contributed by atoms with van der Waals surface area (Å²) < 4.78 is 22.2. The molecule has 2 N–H and O–H groups in total. The number of nitrogens with zero attached hydrogens (tertiary/aromatic N) is 6. The fraction of sp³-hybridized carbons (Fsp3) is 0.625. The van der Waals surface area contributed by atoms with Crippen LogP contribution in [0.1, 0.15) is 189 Å². The first kappa shape index (κ1) is 83.4. The summed E-state index contributed by atoms with van der Waals surface area (Å²) in [7, 11) is 1.63. The van der Waals surface area contributed by atoms with Crippen molar-refractivity contribution >= 4 is 53.7 Å². The Bertz CT molecular complexity index is 2710. The number of unbranched alkanes of at least 4 members (excludes halogenated alkanes) is 10. The van der Waals surface area contributed by atoms with Crippen LogP contribution in [0.15, 0.2) is 91.0 Å². The van der Waals surface area contributed by atoms with E-state index in [1.54, 1.807) is 25.3 Å². The molecule has 3 heterocycles. The zero-order valence-corrected chi connectivity index (χ0v) is 62.4. The van der Waals surface area contributed by atoms with Gasteiger partial charge in [0.2, 0.25) is 29.5 Å². The normalized spacial score (nSPS) is 15.1. The molecule has 3 aromatic carbocycles. The molecule has 3 aliphatic heterocycles. The number of amides is 5. The summed E-state index contributed by atoms with van der Waals surface area (Å²) in [6, 6.07) is 23.4. The van der Waals surface area contributed by atoms with Crippen LogP contribution in [0.25, 0.3) is 18.2 Å². The van der Waals surface area contributed by atoms with Crippen molar-refractivity contribution < 1.29 is 47.7 Å². The Morgan fingerprint density at radius 2 is 0.694 bits per heavy atom. The summed E-state index contributed by atoms with van der Waals surface area (Å²) in [6.07, 6.45) is 28.0. The van der Waals surface area contributed by atoms with Gasteiger partial charge in [0.15, 0.2) is 0 Å². The molecule has 0 aliphatic carbocycles. The van der Waals surface area contributed by atoms with E-state index in [2.05, 4.69) is 39.2 Å². The molecule has 6 rings (SSSR count). The van der Waals surface area contributed by atoms with Crippen molar-refractivity contribution in [2.45, 2.75) is 172 Å². The van der Waals surface area contributed by atoms with Gasteiger partial charge in [0, 0.05) is 140 Å². The van der Waals surface area contributed by atoms with Crippen molar-refractivity contribution in [3.8, 4) is 17.2 Å². The first-order valence-corrected chi connectivity index (χ1v) is 37.0. The van der Waals surface area contributed by atoms with E-state index in [4.69, 9.17) is 18.9 Å². The quantitative estimate of drug-likeness (QED) is 0.0314. The third-order valence-electron chi connectivity index (χ3n) is 19.2. The van der Waals surface area contributed by atoms with E-state index in [0.717, 1.165) is 132 Å². The average Bonchev–Trinajstić information content (AvgIpc) is 1.02. The standard InChI is InChI=1S/C29H47N3O3.C29H46N2O4.C22H33N3O3/c1-5-7-8-9-10-11-24-35-26-15-12-25(13-16-26)14-17-27(33)32-22-20-31(21-23-32)19-18-30-28(34)29(3,4)6-2;1-5-7-8-9-10-11-23-34-26-15-12-25(13-16-26)14-17-27(32)31-20-18-30(19-21-31)22-24-35-28(33)29(3,4)6-2;1-5-22(2,3)21(27)23-12-13-24-14-16-25(17-15-24)20(26)11-8-18-6-9-19(28-4)10-7-18/h12-17H,5-11,18-24H2,1-4H3,(H,30,34);12-17H,5-11,18-24H2,1-4H3;6-11H,5,12-17H2,1-4H3,(H,23,27)/b2*17-14+;11-8+. The van der Waals surface area contributed by atoms with Crippen LogP contribution < -0.4 is 24.8 Å². The molecule has 3 aromatic rings. The zero-order valence-electron chi connectivity index (χ0n) is 62.4. The minimum Gasteiger partial charge on any atom is -0.497 e. The van der Waals surface area contributed by atoms with Gasteiger partial charge in [-0.3, -0.25) is 43.5 Å². The number of nitrogens with one attached hydrogen (secondary N) is 2. The molecule has 18 heteroatoms. The number of esters is 1. The predicted octanol–water partition coefficient (Wildman–Crippen LogP) is 13.1. The number of carbonyl (C=O) groups is 6. The predicted molar refractivity (Wildman–Crippen MR) is 399 cm³/mol. The molecule has 546 valence electrons. The van der Waals surface area contributed by atoms with Gasteiger partial charge in [0.05, 0.1) is 25.7 Å². The van der Waals surface area contributed by atoms with Gasteiger partial charge in [0.25, 0.3) is 0 Å². The van der Waals surface area contributed by atoms with Crippen molar-refractivity contribution in [3.63, 3.8) is 0 Å². The number of ether oxygens (including phenoxy) is 4. The highest BCUT2D eigenvalue weighted by molar-refractivity contribution is 5.93. The molecule has 3 aliphatic rings. The maximum Gasteiger partial charge on any atom is 0.311 e. The Morgan fingerprint density at radius 1 is 0.388 bits per heavy atom. The summed E-state index contributed by atoms with van der Waals surface area (Å²) in [5.41, 5.74) is 1.88. The van der Waals surface area contributed by atoms with E-state index < -0.39 is 5.41 Å². The fourth-order valence-corrected chi connectivity index (χ4v) is 10.7. The second-order valence-corrected chi connectivity index (χ2v) is 28.0. The SMILES string of the molecule is CCC(C)(C)C(=O)NCCN1CCN(C(=O)/C=C/c2ccc(OC)cc2)CC1.CCCCCCCCOc1ccc(/C=C/C(=O)N2CCN(CCNC(=O)C(C)(C)CC)CC2)cc1.CCCCCCCCOc1ccc(/C=C/C(=O)N2CCN(CCOC(=O)C(C)(C)CC)CC2)cc1. The number of hydrogen-bond acceptors (Lipinski definition) is 13. The van der Waals surface area contributed by atoms with E-state index in [1.165, 1.54) is 64.2 Å². The summed E-state index contributed by atoms with van der Waals surface area (Å²) in [4.78, 5) is 86.4. The van der Waals surface area contributed by atoms with Crippen LogP contribution in [-0.2, 0) is 33.5 Å². The highest BCUT2D eigenvalue weighted by Gasteiger charge is 2.29. The van der Waals surface area contributed by atoms with Crippen LogP contribution in [-0.4, -0.2) is 203 Å². The van der Waals surface area contributed by atoms with Gasteiger partial charge >= 0.3 is 5.97 Å². The molecular weight excluding hydrogens is 1230 g/mol. The monoisotopic (exact) mass is 1360 g/mol. The molecule has 0 aromatic heterocycles. The molecule has 5 amide bonds. The van der Waals surface area contributed by atoms with E-state index in [-0.39, 0.29) is 46.3 Å². The zero-order chi connectivity index (χ0) is 71.6. The Hall–Kier alpha value is -7.02. The number of hydrogen-bond donors (Lipinski definition) is 2. The topological polar surface area (TPSA) is 183 Å². The number of carbonyl (C=O) groups excluding carboxylic acids is 6. The Balaban J connectivity index is 0.000000315. The van der Waals surface area contributed by atoms with Gasteiger partial charge in [-0.25, -0.2) is 0 Å². The summed E-state index contributed by atoms with van der Waals surface area (Å²) in [5.74, 6) is 2.74. The van der Waals surface area contributed by atoms with E-state index >= 15 is 0 Å². The molecule has 0 bridgehead atoms. The first-order valence-electron chi connectivity index (χ1n) is 37.0. The molecule has 0 spiro atoms. The molecule has 18 nitrogen and oxygen atoms in total. The van der Waals surface area contributed by atoms with Crippen LogP contribution in [0.5, 0.6) is 17.2 Å². The van der Waals surface area contributed by atoms with Crippen LogP contribution >= 0.6 is 0 Å². The fourth-order valence-electron chi connectivity index (χ4n) is 10.7. The van der Waals surface area contributed by atoms with Crippen LogP contribution in [0.2, 0.25) is 0 Å². The van der Waals surface area contributed by atoms with E-state index in [1.807, 2.05) is 168 Å². The number of rotatable bonds is 38. The van der Waals surface area contributed by atoms with E-state index in [0.29, 0.717) is 65.5 Å². The van der Waals surface area contributed by atoms with Gasteiger partial charge in [-0.2, -0.15) is 0 Å². The minimum atomic E-state index is -0.432. The number of benzene rings is 3. The molecule has 0 saturated carbocycles. The lowest BCUT2D eigenvalue weighted by molar-refractivity contribution is -0.154. The third-order valence-corrected chi connectivity index (χ3v) is 19.2. The largest absolute Gasteiger partial charge is 0.497 e. The van der Waals surface area contributed by atoms with E-state index in [9.17, 15) is 28.8 Å². The molecule has 3 fully saturated rings. The third kappa shape index (κ3) is 32.8. The van der Waals surface area contributed by atoms with Gasteiger partial charge < -0.3 is 44.3 Å². The van der Waals surface area contributed by atoms with Gasteiger partial charge in [-0.05, 0) is 117 Å². The smallest absolute Gasteiger partial charge is 0.311 e. The summed E-state index contributed by atoms with van der Waals surface area (Å²) in [5, 5.41) is 6.06. The van der Waals surface area contributed by atoms with Crippen LogP contribution in [0.4, 0.5) is 0 Å². The lowest BCUT2D eigenvalue weighted by Crippen LogP contribution is -2.50. The molecular formula is C80H126N8O10. The lowest BCUT2D eigenvalue weighted by Gasteiger charge is -2.34. The second kappa shape index (κ2) is 46.3. The molecule has 0 atom stereocenters. The molecule has 0 unspecified atom stereocenters. The Kier molecular flexibility index (Phi) is 39.4. The summed E-state index contributed by atoms with van der Waals surface area (Å²) in [6.45, 7) is 36.9.